The third kappa shape index (κ3) is 2.77. The summed E-state index contributed by atoms with van der Waals surface area (Å²) in [7, 11) is 0. The van der Waals surface area contributed by atoms with Crippen LogP contribution in [0.15, 0.2) is 51.4 Å². The van der Waals surface area contributed by atoms with Crippen LogP contribution in [0.2, 0.25) is 0 Å². The summed E-state index contributed by atoms with van der Waals surface area (Å²) in [6.45, 7) is 0. The predicted octanol–water partition coefficient (Wildman–Crippen LogP) is 5.71. The van der Waals surface area contributed by atoms with Gasteiger partial charge in [0, 0.05) is 15.0 Å². The summed E-state index contributed by atoms with van der Waals surface area (Å²) in [6, 6.07) is 13.5. The zero-order chi connectivity index (χ0) is 14.1. The fourth-order valence-corrected chi connectivity index (χ4v) is 3.86. The summed E-state index contributed by atoms with van der Waals surface area (Å²) in [5.41, 5.74) is 1.92. The molecule has 2 aromatic rings. The highest BCUT2D eigenvalue weighted by Gasteiger charge is 2.32. The number of benzene rings is 2. The zero-order valence-corrected chi connectivity index (χ0v) is 13.9. The second-order valence-corrected chi connectivity index (χ2v) is 6.84. The van der Waals surface area contributed by atoms with Gasteiger partial charge in [-0.25, -0.2) is 4.39 Å². The minimum atomic E-state index is -0.0852. The maximum Gasteiger partial charge on any atom is 0.126 e. The maximum absolute atomic E-state index is 13.7. The van der Waals surface area contributed by atoms with Gasteiger partial charge in [0.15, 0.2) is 0 Å². The lowest BCUT2D eigenvalue weighted by Gasteiger charge is -2.37. The van der Waals surface area contributed by atoms with Crippen molar-refractivity contribution < 1.29 is 4.39 Å². The molecule has 1 nitrogen and oxygen atoms in total. The second-order valence-electron chi connectivity index (χ2n) is 5.13. The normalized spacial score (nSPS) is 21.4. The summed E-state index contributed by atoms with van der Waals surface area (Å²) in [6.07, 6.45) is 1.93. The summed E-state index contributed by atoms with van der Waals surface area (Å²) >= 11 is 7.10. The highest BCUT2D eigenvalue weighted by Crippen LogP contribution is 2.41. The molecule has 0 atom stereocenters. The molecule has 1 aliphatic rings. The molecule has 0 aromatic heterocycles. The first kappa shape index (κ1) is 14.1. The number of halogens is 3. The molecule has 0 spiro atoms. The van der Waals surface area contributed by atoms with Crippen LogP contribution in [-0.2, 0) is 0 Å². The molecular formula is C16H14Br2FN. The van der Waals surface area contributed by atoms with Gasteiger partial charge in [-0.1, -0.05) is 24.3 Å². The third-order valence-corrected chi connectivity index (χ3v) is 5.12. The van der Waals surface area contributed by atoms with Crippen LogP contribution in [0.5, 0.6) is 0 Å². The highest BCUT2D eigenvalue weighted by atomic mass is 79.9. The Bertz CT molecular complexity index is 603. The third-order valence-electron chi connectivity index (χ3n) is 3.79. The van der Waals surface area contributed by atoms with Crippen molar-refractivity contribution in [3.8, 4) is 0 Å². The van der Waals surface area contributed by atoms with E-state index < -0.39 is 0 Å². The molecule has 0 amide bonds. The summed E-state index contributed by atoms with van der Waals surface area (Å²) in [5, 5.41) is 3.52. The average molecular weight is 399 g/mol. The van der Waals surface area contributed by atoms with E-state index in [4.69, 9.17) is 0 Å². The van der Waals surface area contributed by atoms with Crippen LogP contribution in [0.25, 0.3) is 0 Å². The first-order chi connectivity index (χ1) is 9.65. The minimum absolute atomic E-state index is 0.0852. The fraction of sp³-hybridized carbons (Fsp3) is 0.250. The molecule has 0 heterocycles. The Morgan fingerprint density at radius 1 is 0.950 bits per heavy atom. The Kier molecular flexibility index (Phi) is 4.13. The molecule has 0 unspecified atom stereocenters. The largest absolute Gasteiger partial charge is 0.380 e. The maximum atomic E-state index is 13.7. The summed E-state index contributed by atoms with van der Waals surface area (Å²) in [5.74, 6) is 0.244. The number of para-hydroxylation sites is 1. The van der Waals surface area contributed by atoms with E-state index in [1.54, 1.807) is 12.1 Å². The Labute approximate surface area is 134 Å². The number of nitrogens with one attached hydrogen (secondary N) is 1. The molecule has 1 aliphatic carbocycles. The Morgan fingerprint density at radius 3 is 2.25 bits per heavy atom. The van der Waals surface area contributed by atoms with Crippen LogP contribution in [0.4, 0.5) is 10.1 Å². The van der Waals surface area contributed by atoms with E-state index in [1.165, 1.54) is 0 Å². The smallest absolute Gasteiger partial charge is 0.126 e. The van der Waals surface area contributed by atoms with Crippen molar-refractivity contribution in [2.75, 3.05) is 5.32 Å². The van der Waals surface area contributed by atoms with Gasteiger partial charge < -0.3 is 5.32 Å². The number of anilines is 1. The molecule has 0 aliphatic heterocycles. The van der Waals surface area contributed by atoms with Gasteiger partial charge in [-0.05, 0) is 74.4 Å². The van der Waals surface area contributed by atoms with Gasteiger partial charge in [-0.15, -0.1) is 0 Å². The van der Waals surface area contributed by atoms with Crippen molar-refractivity contribution >= 4 is 37.5 Å². The molecule has 3 rings (SSSR count). The van der Waals surface area contributed by atoms with E-state index in [1.807, 2.05) is 30.3 Å². The van der Waals surface area contributed by atoms with Crippen molar-refractivity contribution in [1.29, 1.82) is 0 Å². The molecule has 0 saturated heterocycles. The lowest BCUT2D eigenvalue weighted by atomic mass is 9.75. The first-order valence-corrected chi connectivity index (χ1v) is 8.18. The lowest BCUT2D eigenvalue weighted by Crippen LogP contribution is -2.34. The van der Waals surface area contributed by atoms with E-state index in [0.29, 0.717) is 12.0 Å². The van der Waals surface area contributed by atoms with E-state index in [-0.39, 0.29) is 5.82 Å². The average Bonchev–Trinajstić information content (AvgIpc) is 2.37. The molecule has 1 N–H and O–H groups in total. The molecule has 0 radical (unpaired) electrons. The van der Waals surface area contributed by atoms with Crippen LogP contribution >= 0.6 is 31.9 Å². The van der Waals surface area contributed by atoms with Gasteiger partial charge in [0.2, 0.25) is 0 Å². The topological polar surface area (TPSA) is 12.0 Å². The Balaban J connectivity index is 1.66. The van der Waals surface area contributed by atoms with Crippen molar-refractivity contribution in [2.45, 2.75) is 24.8 Å². The van der Waals surface area contributed by atoms with Gasteiger partial charge in [0.1, 0.15) is 5.82 Å². The molecule has 20 heavy (non-hydrogen) atoms. The Morgan fingerprint density at radius 2 is 1.60 bits per heavy atom. The van der Waals surface area contributed by atoms with Gasteiger partial charge >= 0.3 is 0 Å². The van der Waals surface area contributed by atoms with Crippen molar-refractivity contribution in [3.63, 3.8) is 0 Å². The van der Waals surface area contributed by atoms with Crippen LogP contribution in [0, 0.1) is 5.82 Å². The number of rotatable bonds is 3. The number of hydrogen-bond acceptors (Lipinski definition) is 1. The van der Waals surface area contributed by atoms with E-state index >= 15 is 0 Å². The Hall–Kier alpha value is -0.870. The van der Waals surface area contributed by atoms with Crippen molar-refractivity contribution in [3.05, 3.63) is 62.8 Å². The standard InChI is InChI=1S/C16H14Br2FN/c17-13-5-3-6-14(18)16(13)20-11-8-10(9-11)12-4-1-2-7-15(12)19/h1-7,10-11,20H,8-9H2. The van der Waals surface area contributed by atoms with Gasteiger partial charge in [-0.2, -0.15) is 0 Å². The zero-order valence-electron chi connectivity index (χ0n) is 10.7. The van der Waals surface area contributed by atoms with Crippen LogP contribution in [-0.4, -0.2) is 6.04 Å². The summed E-state index contributed by atoms with van der Waals surface area (Å²) in [4.78, 5) is 0. The van der Waals surface area contributed by atoms with Crippen LogP contribution < -0.4 is 5.32 Å². The minimum Gasteiger partial charge on any atom is -0.380 e. The number of hydrogen-bond donors (Lipinski definition) is 1. The molecule has 104 valence electrons. The molecule has 1 saturated carbocycles. The molecule has 2 aromatic carbocycles. The SMILES string of the molecule is Fc1ccccc1C1CC(Nc2c(Br)cccc2Br)C1. The first-order valence-electron chi connectivity index (χ1n) is 6.60. The summed E-state index contributed by atoms with van der Waals surface area (Å²) < 4.78 is 15.8. The molecule has 0 bridgehead atoms. The molecular weight excluding hydrogens is 385 g/mol. The quantitative estimate of drug-likeness (QED) is 0.698. The van der Waals surface area contributed by atoms with Gasteiger partial charge in [0.25, 0.3) is 0 Å². The monoisotopic (exact) mass is 397 g/mol. The van der Waals surface area contributed by atoms with Gasteiger partial charge in [0.05, 0.1) is 5.69 Å². The molecule has 1 fully saturated rings. The highest BCUT2D eigenvalue weighted by molar-refractivity contribution is 9.11. The van der Waals surface area contributed by atoms with Crippen molar-refractivity contribution in [1.82, 2.24) is 0 Å². The molecule has 4 heteroatoms. The van der Waals surface area contributed by atoms with E-state index in [0.717, 1.165) is 33.0 Å². The van der Waals surface area contributed by atoms with Crippen molar-refractivity contribution in [2.24, 2.45) is 0 Å². The van der Waals surface area contributed by atoms with Crippen LogP contribution in [0.3, 0.4) is 0 Å². The van der Waals surface area contributed by atoms with E-state index in [9.17, 15) is 4.39 Å². The second kappa shape index (κ2) is 5.86. The van der Waals surface area contributed by atoms with E-state index in [2.05, 4.69) is 37.2 Å². The fourth-order valence-electron chi connectivity index (χ4n) is 2.64. The lowest BCUT2D eigenvalue weighted by molar-refractivity contribution is 0.363. The van der Waals surface area contributed by atoms with Gasteiger partial charge in [-0.3, -0.25) is 0 Å². The van der Waals surface area contributed by atoms with Crippen LogP contribution in [0.1, 0.15) is 24.3 Å². The predicted molar refractivity (Wildman–Crippen MR) is 87.6 cm³/mol.